The summed E-state index contributed by atoms with van der Waals surface area (Å²) in [5, 5.41) is 2.19. The summed E-state index contributed by atoms with van der Waals surface area (Å²) in [7, 11) is 0. The molecule has 1 saturated carbocycles. The fourth-order valence-corrected chi connectivity index (χ4v) is 5.39. The van der Waals surface area contributed by atoms with Gasteiger partial charge >= 0.3 is 0 Å². The van der Waals surface area contributed by atoms with Crippen molar-refractivity contribution >= 4 is 38.7 Å². The minimum absolute atomic E-state index is 0.454. The summed E-state index contributed by atoms with van der Waals surface area (Å²) in [5.74, 6) is 1.16. The molecule has 0 unspecified atom stereocenters. The second kappa shape index (κ2) is 6.74. The van der Waals surface area contributed by atoms with Gasteiger partial charge in [0, 0.05) is 11.1 Å². The minimum atomic E-state index is 0.454. The smallest absolute Gasteiger partial charge is 0.166 e. The third kappa shape index (κ3) is 3.65. The van der Waals surface area contributed by atoms with Crippen LogP contribution in [0, 0.1) is 12.3 Å². The van der Waals surface area contributed by atoms with E-state index in [4.69, 9.17) is 4.98 Å². The van der Waals surface area contributed by atoms with Crippen LogP contribution in [0.15, 0.2) is 23.4 Å². The van der Waals surface area contributed by atoms with Crippen molar-refractivity contribution in [3.63, 3.8) is 0 Å². The number of halogens is 1. The van der Waals surface area contributed by atoms with Gasteiger partial charge in [-0.1, -0.05) is 59.4 Å². The lowest BCUT2D eigenvalue weighted by molar-refractivity contribution is 0.334. The van der Waals surface area contributed by atoms with E-state index in [1.54, 1.807) is 0 Å². The van der Waals surface area contributed by atoms with E-state index in [0.29, 0.717) is 5.41 Å². The average molecular weight is 367 g/mol. The normalized spacial score (nSPS) is 18.8. The number of aromatic nitrogens is 2. The Morgan fingerprint density at radius 3 is 2.71 bits per heavy atom. The molecule has 0 atom stereocenters. The molecule has 3 rings (SSSR count). The molecule has 1 aromatic carbocycles. The molecule has 0 aliphatic heterocycles. The Labute approximate surface area is 139 Å². The number of nitrogens with one attached hydrogen (secondary N) is 1. The van der Waals surface area contributed by atoms with Crippen molar-refractivity contribution in [2.45, 2.75) is 50.6 Å². The highest BCUT2D eigenvalue weighted by atomic mass is 79.9. The Morgan fingerprint density at radius 1 is 1.24 bits per heavy atom. The number of H-pyrrole nitrogens is 1. The summed E-state index contributed by atoms with van der Waals surface area (Å²) in [4.78, 5) is 8.19. The third-order valence-corrected chi connectivity index (χ3v) is 6.99. The Bertz CT molecular complexity index is 600. The molecule has 2 aromatic rings. The first-order chi connectivity index (χ1) is 10.2. The van der Waals surface area contributed by atoms with E-state index in [9.17, 15) is 0 Å². The molecule has 1 aliphatic carbocycles. The Balaban J connectivity index is 1.72. The number of thioether (sulfide) groups is 1. The Hall–Kier alpha value is -0.480. The largest absolute Gasteiger partial charge is 0.333 e. The predicted molar refractivity (Wildman–Crippen MR) is 95.5 cm³/mol. The van der Waals surface area contributed by atoms with Crippen molar-refractivity contribution in [3.05, 3.63) is 23.8 Å². The number of hydrogen-bond donors (Lipinski definition) is 1. The molecule has 1 aliphatic rings. The quantitative estimate of drug-likeness (QED) is 0.427. The van der Waals surface area contributed by atoms with E-state index in [2.05, 4.69) is 46.0 Å². The van der Waals surface area contributed by atoms with Crippen molar-refractivity contribution in [3.8, 4) is 0 Å². The monoisotopic (exact) mass is 366 g/mol. The number of fused-ring (bicyclic) bond motifs is 1. The molecule has 0 radical (unpaired) electrons. The van der Waals surface area contributed by atoms with Crippen LogP contribution >= 0.6 is 27.7 Å². The summed E-state index contributed by atoms with van der Waals surface area (Å²) < 4.78 is 0. The van der Waals surface area contributed by atoms with Gasteiger partial charge in [-0.15, -0.1) is 0 Å². The van der Waals surface area contributed by atoms with Gasteiger partial charge in [-0.2, -0.15) is 0 Å². The standard InChI is InChI=1S/C17H23BrN2S/c1-13-6-7-14-15(10-13)20-16(19-14)21-12-17(11-18)8-4-2-3-5-9-17/h6-7,10H,2-5,8-9,11-12H2,1H3,(H,19,20). The van der Waals surface area contributed by atoms with E-state index in [1.165, 1.54) is 44.1 Å². The predicted octanol–water partition coefficient (Wildman–Crippen LogP) is 5.70. The molecule has 0 bridgehead atoms. The average Bonchev–Trinajstić information content (AvgIpc) is 2.74. The van der Waals surface area contributed by atoms with Crippen LogP contribution < -0.4 is 0 Å². The zero-order chi connectivity index (χ0) is 14.7. The van der Waals surface area contributed by atoms with Crippen LogP contribution in [0.5, 0.6) is 0 Å². The lowest BCUT2D eigenvalue weighted by Crippen LogP contribution is -2.25. The minimum Gasteiger partial charge on any atom is -0.333 e. The first-order valence-electron chi connectivity index (χ1n) is 7.86. The van der Waals surface area contributed by atoms with E-state index >= 15 is 0 Å². The highest BCUT2D eigenvalue weighted by Gasteiger charge is 2.30. The first-order valence-corrected chi connectivity index (χ1v) is 9.97. The van der Waals surface area contributed by atoms with Gasteiger partial charge in [-0.05, 0) is 42.9 Å². The van der Waals surface area contributed by atoms with Crippen LogP contribution in [0.1, 0.15) is 44.1 Å². The summed E-state index contributed by atoms with van der Waals surface area (Å²) in [6.45, 7) is 2.12. The van der Waals surface area contributed by atoms with Gasteiger partial charge in [-0.25, -0.2) is 4.98 Å². The van der Waals surface area contributed by atoms with Gasteiger partial charge in [0.25, 0.3) is 0 Å². The maximum Gasteiger partial charge on any atom is 0.166 e. The van der Waals surface area contributed by atoms with Crippen LogP contribution in [0.3, 0.4) is 0 Å². The topological polar surface area (TPSA) is 28.7 Å². The summed E-state index contributed by atoms with van der Waals surface area (Å²) >= 11 is 5.67. The second-order valence-electron chi connectivity index (χ2n) is 6.40. The summed E-state index contributed by atoms with van der Waals surface area (Å²) in [6.07, 6.45) is 8.28. The van der Waals surface area contributed by atoms with Crippen LogP contribution in [-0.4, -0.2) is 21.1 Å². The van der Waals surface area contributed by atoms with Gasteiger partial charge in [0.15, 0.2) is 5.16 Å². The number of alkyl halides is 1. The highest BCUT2D eigenvalue weighted by Crippen LogP contribution is 2.40. The fourth-order valence-electron chi connectivity index (χ4n) is 3.18. The zero-order valence-electron chi connectivity index (χ0n) is 12.6. The van der Waals surface area contributed by atoms with Gasteiger partial charge < -0.3 is 4.98 Å². The fraction of sp³-hybridized carbons (Fsp3) is 0.588. The molecule has 1 fully saturated rings. The lowest BCUT2D eigenvalue weighted by Gasteiger charge is -2.29. The number of aromatic amines is 1. The van der Waals surface area contributed by atoms with Gasteiger partial charge in [0.1, 0.15) is 0 Å². The summed E-state index contributed by atoms with van der Waals surface area (Å²) in [5.41, 5.74) is 3.97. The van der Waals surface area contributed by atoms with Crippen molar-refractivity contribution in [1.82, 2.24) is 9.97 Å². The van der Waals surface area contributed by atoms with Crippen molar-refractivity contribution in [1.29, 1.82) is 0 Å². The maximum atomic E-state index is 4.72. The number of rotatable bonds is 4. The SMILES string of the molecule is Cc1ccc2nc(SCC3(CBr)CCCCCC3)[nH]c2c1. The third-order valence-electron chi connectivity index (χ3n) is 4.58. The molecular formula is C17H23BrN2S. The Kier molecular flexibility index (Phi) is 4.95. The molecule has 1 N–H and O–H groups in total. The number of imidazole rings is 1. The van der Waals surface area contributed by atoms with Crippen LogP contribution in [0.4, 0.5) is 0 Å². The van der Waals surface area contributed by atoms with Crippen molar-refractivity contribution in [2.24, 2.45) is 5.41 Å². The van der Waals surface area contributed by atoms with Crippen molar-refractivity contribution in [2.75, 3.05) is 11.1 Å². The molecule has 1 aromatic heterocycles. The van der Waals surface area contributed by atoms with Crippen LogP contribution in [-0.2, 0) is 0 Å². The molecule has 1 heterocycles. The number of aryl methyl sites for hydroxylation is 1. The second-order valence-corrected chi connectivity index (χ2v) is 7.92. The maximum absolute atomic E-state index is 4.72. The molecule has 114 valence electrons. The van der Waals surface area contributed by atoms with Gasteiger partial charge in [-0.3, -0.25) is 0 Å². The molecule has 21 heavy (non-hydrogen) atoms. The zero-order valence-corrected chi connectivity index (χ0v) is 15.0. The van der Waals surface area contributed by atoms with Crippen molar-refractivity contribution < 1.29 is 0 Å². The molecule has 0 saturated heterocycles. The number of benzene rings is 1. The lowest BCUT2D eigenvalue weighted by atomic mass is 9.85. The van der Waals surface area contributed by atoms with E-state index in [1.807, 2.05) is 11.8 Å². The van der Waals surface area contributed by atoms with E-state index in [-0.39, 0.29) is 0 Å². The number of nitrogens with zero attached hydrogens (tertiary/aromatic N) is 1. The molecule has 0 spiro atoms. The van der Waals surface area contributed by atoms with Crippen LogP contribution in [0.2, 0.25) is 0 Å². The van der Waals surface area contributed by atoms with Gasteiger partial charge in [0.2, 0.25) is 0 Å². The van der Waals surface area contributed by atoms with E-state index in [0.717, 1.165) is 27.3 Å². The Morgan fingerprint density at radius 2 is 2.00 bits per heavy atom. The molecular weight excluding hydrogens is 344 g/mol. The van der Waals surface area contributed by atoms with E-state index < -0.39 is 0 Å². The molecule has 2 nitrogen and oxygen atoms in total. The van der Waals surface area contributed by atoms with Crippen LogP contribution in [0.25, 0.3) is 11.0 Å². The summed E-state index contributed by atoms with van der Waals surface area (Å²) in [6, 6.07) is 6.42. The van der Waals surface area contributed by atoms with Gasteiger partial charge in [0.05, 0.1) is 11.0 Å². The molecule has 0 amide bonds. The number of hydrogen-bond acceptors (Lipinski definition) is 2. The highest BCUT2D eigenvalue weighted by molar-refractivity contribution is 9.09. The first kappa shape index (κ1) is 15.4. The molecule has 4 heteroatoms.